The summed E-state index contributed by atoms with van der Waals surface area (Å²) in [5, 5.41) is 0. The van der Waals surface area contributed by atoms with Gasteiger partial charge >= 0.3 is 0 Å². The van der Waals surface area contributed by atoms with Crippen LogP contribution in [-0.4, -0.2) is 44.5 Å². The highest BCUT2D eigenvalue weighted by Crippen LogP contribution is 2.42. The summed E-state index contributed by atoms with van der Waals surface area (Å²) >= 11 is 0. The number of rotatable bonds is 8. The van der Waals surface area contributed by atoms with Gasteiger partial charge in [-0.05, 0) is 60.4 Å². The molecular formula is C27H27NO6. The highest BCUT2D eigenvalue weighted by atomic mass is 16.7. The first-order valence-corrected chi connectivity index (χ1v) is 11.2. The zero-order valence-electron chi connectivity index (χ0n) is 19.4. The molecule has 1 fully saturated rings. The van der Waals surface area contributed by atoms with Crippen LogP contribution < -0.4 is 23.7 Å². The molecule has 0 N–H and O–H groups in total. The quantitative estimate of drug-likeness (QED) is 0.466. The molecule has 1 amide bonds. The van der Waals surface area contributed by atoms with E-state index in [-0.39, 0.29) is 18.7 Å². The van der Waals surface area contributed by atoms with Gasteiger partial charge in [0.15, 0.2) is 23.0 Å². The first-order chi connectivity index (χ1) is 16.6. The Labute approximate surface area is 198 Å². The average molecular weight is 462 g/mol. The van der Waals surface area contributed by atoms with Gasteiger partial charge in [0.1, 0.15) is 11.8 Å². The Morgan fingerprint density at radius 3 is 2.50 bits per heavy atom. The smallest absolute Gasteiger partial charge is 0.266 e. The highest BCUT2D eigenvalue weighted by molar-refractivity contribution is 5.89. The third kappa shape index (κ3) is 3.98. The lowest BCUT2D eigenvalue weighted by Crippen LogP contribution is -2.61. The van der Waals surface area contributed by atoms with Crippen LogP contribution in [0.15, 0.2) is 60.7 Å². The van der Waals surface area contributed by atoms with Crippen molar-refractivity contribution in [3.63, 3.8) is 0 Å². The van der Waals surface area contributed by atoms with E-state index in [1.54, 1.807) is 14.2 Å². The third-order valence-corrected chi connectivity index (χ3v) is 6.32. The number of aryl methyl sites for hydroxylation is 1. The molecule has 2 atom stereocenters. The van der Waals surface area contributed by atoms with Crippen LogP contribution in [0.25, 0.3) is 0 Å². The fourth-order valence-corrected chi connectivity index (χ4v) is 4.44. The van der Waals surface area contributed by atoms with Crippen LogP contribution >= 0.6 is 0 Å². The van der Waals surface area contributed by atoms with Crippen molar-refractivity contribution in [3.05, 3.63) is 77.4 Å². The second-order valence-electron chi connectivity index (χ2n) is 8.33. The van der Waals surface area contributed by atoms with E-state index in [4.69, 9.17) is 23.7 Å². The zero-order chi connectivity index (χ0) is 23.7. The van der Waals surface area contributed by atoms with Crippen molar-refractivity contribution in [2.45, 2.75) is 25.5 Å². The molecule has 0 unspecified atom stereocenters. The molecule has 7 nitrogen and oxygen atoms in total. The van der Waals surface area contributed by atoms with Gasteiger partial charge in [-0.25, -0.2) is 0 Å². The Balaban J connectivity index is 1.39. The molecule has 2 aliphatic heterocycles. The third-order valence-electron chi connectivity index (χ3n) is 6.32. The highest BCUT2D eigenvalue weighted by Gasteiger charge is 2.50. The molecule has 1 saturated heterocycles. The second-order valence-corrected chi connectivity index (χ2v) is 8.33. The van der Waals surface area contributed by atoms with Crippen LogP contribution in [0.1, 0.15) is 22.7 Å². The van der Waals surface area contributed by atoms with Gasteiger partial charge in [0.05, 0.1) is 14.2 Å². The van der Waals surface area contributed by atoms with Crippen LogP contribution in [0.5, 0.6) is 28.7 Å². The molecule has 5 rings (SSSR count). The van der Waals surface area contributed by atoms with E-state index < -0.39 is 6.10 Å². The summed E-state index contributed by atoms with van der Waals surface area (Å²) in [7, 11) is 3.23. The van der Waals surface area contributed by atoms with E-state index in [0.717, 1.165) is 16.7 Å². The van der Waals surface area contributed by atoms with Crippen LogP contribution in [0.2, 0.25) is 0 Å². The number of likely N-dealkylation sites (tertiary alicyclic amines) is 1. The monoisotopic (exact) mass is 461 g/mol. The number of hydrogen-bond donors (Lipinski definition) is 0. The molecule has 7 heteroatoms. The van der Waals surface area contributed by atoms with Crippen LogP contribution in [0, 0.1) is 6.92 Å². The maximum absolute atomic E-state index is 13.2. The van der Waals surface area contributed by atoms with Crippen molar-refractivity contribution in [1.82, 2.24) is 4.90 Å². The number of ether oxygens (including phenoxy) is 5. The lowest BCUT2D eigenvalue weighted by Gasteiger charge is -2.47. The number of β-lactam (4-membered cyclic amide) rings is 1. The number of fused-ring (bicyclic) bond motifs is 1. The Kier molecular flexibility index (Phi) is 5.92. The van der Waals surface area contributed by atoms with Crippen molar-refractivity contribution < 1.29 is 28.5 Å². The number of methoxy groups -OCH3 is 2. The van der Waals surface area contributed by atoms with Crippen molar-refractivity contribution in [1.29, 1.82) is 0 Å². The van der Waals surface area contributed by atoms with E-state index in [0.29, 0.717) is 41.7 Å². The Morgan fingerprint density at radius 1 is 0.912 bits per heavy atom. The Morgan fingerprint density at radius 2 is 1.71 bits per heavy atom. The Hall–Kier alpha value is -3.87. The average Bonchev–Trinajstić information content (AvgIpc) is 3.33. The summed E-state index contributed by atoms with van der Waals surface area (Å²) in [6.07, 6.45) is 0.0661. The molecule has 0 radical (unpaired) electrons. The summed E-state index contributed by atoms with van der Waals surface area (Å²) in [4.78, 5) is 15.1. The minimum Gasteiger partial charge on any atom is -0.493 e. The van der Waals surface area contributed by atoms with Gasteiger partial charge in [0, 0.05) is 6.54 Å². The predicted octanol–water partition coefficient (Wildman–Crippen LogP) is 4.31. The zero-order valence-corrected chi connectivity index (χ0v) is 19.4. The molecule has 2 heterocycles. The molecule has 34 heavy (non-hydrogen) atoms. The summed E-state index contributed by atoms with van der Waals surface area (Å²) in [5.74, 6) is 3.42. The molecule has 0 aromatic heterocycles. The van der Waals surface area contributed by atoms with Gasteiger partial charge in [0.25, 0.3) is 5.91 Å². The standard InChI is InChI=1S/C27H27NO6/c1-17-6-4-5-7-20(17)34-26-25(19-9-11-22-24(15-19)33-16-32-22)28(27(26)29)13-12-18-8-10-21(30-2)23(14-18)31-3/h4-11,14-15,25-26H,12-13,16H2,1-3H3/t25-,26-/m0/s1. The van der Waals surface area contributed by atoms with Gasteiger partial charge in [-0.2, -0.15) is 0 Å². The van der Waals surface area contributed by atoms with Crippen LogP contribution in [-0.2, 0) is 11.2 Å². The number of carbonyl (C=O) groups is 1. The van der Waals surface area contributed by atoms with Crippen molar-refractivity contribution in [2.24, 2.45) is 0 Å². The largest absolute Gasteiger partial charge is 0.493 e. The number of benzene rings is 3. The fourth-order valence-electron chi connectivity index (χ4n) is 4.44. The molecule has 176 valence electrons. The number of hydrogen-bond acceptors (Lipinski definition) is 6. The van der Waals surface area contributed by atoms with Crippen molar-refractivity contribution in [3.8, 4) is 28.7 Å². The Bertz CT molecular complexity index is 1210. The summed E-state index contributed by atoms with van der Waals surface area (Å²) in [6, 6.07) is 19.1. The van der Waals surface area contributed by atoms with E-state index in [1.165, 1.54) is 0 Å². The topological polar surface area (TPSA) is 66.5 Å². The van der Waals surface area contributed by atoms with E-state index in [2.05, 4.69) is 0 Å². The van der Waals surface area contributed by atoms with E-state index >= 15 is 0 Å². The van der Waals surface area contributed by atoms with E-state index in [9.17, 15) is 4.79 Å². The second kappa shape index (κ2) is 9.17. The maximum Gasteiger partial charge on any atom is 0.266 e. The predicted molar refractivity (Wildman–Crippen MR) is 126 cm³/mol. The van der Waals surface area contributed by atoms with E-state index in [1.807, 2.05) is 72.5 Å². The number of amides is 1. The minimum atomic E-state index is -0.605. The number of para-hydroxylation sites is 1. The SMILES string of the molecule is COc1ccc(CCN2C(=O)[C@@H](Oc3ccccc3C)[C@@H]2c2ccc3c(c2)OCO3)cc1OC. The molecule has 0 bridgehead atoms. The fraction of sp³-hybridized carbons (Fsp3) is 0.296. The van der Waals surface area contributed by atoms with Crippen LogP contribution in [0.4, 0.5) is 0 Å². The van der Waals surface area contributed by atoms with Crippen molar-refractivity contribution >= 4 is 5.91 Å². The lowest BCUT2D eigenvalue weighted by atomic mass is 9.89. The first kappa shape index (κ1) is 21.9. The van der Waals surface area contributed by atoms with Gasteiger partial charge in [-0.3, -0.25) is 4.79 Å². The molecule has 2 aliphatic rings. The molecule has 3 aromatic carbocycles. The molecule has 3 aromatic rings. The maximum atomic E-state index is 13.2. The minimum absolute atomic E-state index is 0.0357. The summed E-state index contributed by atoms with van der Waals surface area (Å²) in [6.45, 7) is 2.72. The molecular weight excluding hydrogens is 434 g/mol. The van der Waals surface area contributed by atoms with Crippen LogP contribution in [0.3, 0.4) is 0 Å². The molecule has 0 aliphatic carbocycles. The molecule has 0 spiro atoms. The van der Waals surface area contributed by atoms with Gasteiger partial charge in [0.2, 0.25) is 12.9 Å². The first-order valence-electron chi connectivity index (χ1n) is 11.2. The lowest BCUT2D eigenvalue weighted by molar-refractivity contribution is -0.164. The summed E-state index contributed by atoms with van der Waals surface area (Å²) < 4.78 is 28.0. The van der Waals surface area contributed by atoms with Crippen molar-refractivity contribution in [2.75, 3.05) is 27.6 Å². The summed E-state index contributed by atoms with van der Waals surface area (Å²) in [5.41, 5.74) is 3.00. The number of nitrogens with zero attached hydrogens (tertiary/aromatic N) is 1. The van der Waals surface area contributed by atoms with Gasteiger partial charge in [-0.1, -0.05) is 30.3 Å². The van der Waals surface area contributed by atoms with Gasteiger partial charge in [-0.15, -0.1) is 0 Å². The normalized spacial score (nSPS) is 18.4. The van der Waals surface area contributed by atoms with Gasteiger partial charge < -0.3 is 28.6 Å². The number of carbonyl (C=O) groups excluding carboxylic acids is 1. The molecule has 0 saturated carbocycles.